The highest BCUT2D eigenvalue weighted by Crippen LogP contribution is 2.36. The summed E-state index contributed by atoms with van der Waals surface area (Å²) in [5.41, 5.74) is 7.08. The third-order valence-electron chi connectivity index (χ3n) is 3.99. The van der Waals surface area contributed by atoms with Crippen LogP contribution in [0.3, 0.4) is 0 Å². The van der Waals surface area contributed by atoms with E-state index in [1.165, 1.54) is 0 Å². The Morgan fingerprint density at radius 3 is 2.71 bits per heavy atom. The molecular weight excluding hydrogens is 338 g/mol. The first-order valence-electron chi connectivity index (χ1n) is 7.42. The maximum Gasteiger partial charge on any atom is 0.326 e. The summed E-state index contributed by atoms with van der Waals surface area (Å²) in [6, 6.07) is 4.15. The summed E-state index contributed by atoms with van der Waals surface area (Å²) in [5, 5.41) is 0.261. The monoisotopic (exact) mass is 352 g/mol. The molecule has 0 aliphatic heterocycles. The third-order valence-corrected chi connectivity index (χ3v) is 4.30. The number of carbonyl (C=O) groups is 1. The number of aromatic nitrogens is 2. The maximum absolute atomic E-state index is 13.4. The number of benzene rings is 1. The van der Waals surface area contributed by atoms with Crippen molar-refractivity contribution in [2.75, 3.05) is 4.90 Å². The number of urea groups is 1. The molecule has 1 aromatic carbocycles. The predicted molar refractivity (Wildman–Crippen MR) is 86.9 cm³/mol. The number of anilines is 2. The van der Waals surface area contributed by atoms with E-state index in [1.54, 1.807) is 25.1 Å². The number of nitrogens with two attached hydrogens (primary N) is 1. The molecule has 0 unspecified atom stereocenters. The molecular formula is C16H15ClF2N4O. The molecule has 2 N–H and O–H groups in total. The summed E-state index contributed by atoms with van der Waals surface area (Å²) in [7, 11) is 0. The fourth-order valence-corrected chi connectivity index (χ4v) is 3.25. The number of nitrogens with zero attached hydrogens (tertiary/aromatic N) is 3. The first-order chi connectivity index (χ1) is 11.4. The molecule has 126 valence electrons. The Morgan fingerprint density at radius 2 is 2.08 bits per heavy atom. The van der Waals surface area contributed by atoms with E-state index in [9.17, 15) is 13.6 Å². The van der Waals surface area contributed by atoms with Gasteiger partial charge in [0.1, 0.15) is 5.69 Å². The van der Waals surface area contributed by atoms with Gasteiger partial charge in [-0.05, 0) is 37.8 Å². The lowest BCUT2D eigenvalue weighted by Gasteiger charge is -2.23. The highest BCUT2D eigenvalue weighted by Gasteiger charge is 2.29. The molecule has 3 rings (SSSR count). The number of fused-ring (bicyclic) bond motifs is 1. The number of halogens is 3. The molecule has 0 saturated carbocycles. The van der Waals surface area contributed by atoms with Crippen molar-refractivity contribution in [1.29, 1.82) is 0 Å². The smallest absolute Gasteiger partial charge is 0.326 e. The average molecular weight is 353 g/mol. The molecule has 0 fully saturated rings. The Bertz CT molecular complexity index is 793. The lowest BCUT2D eigenvalue weighted by atomic mass is 10.1. The Kier molecular flexibility index (Phi) is 4.36. The van der Waals surface area contributed by atoms with Gasteiger partial charge in [-0.3, -0.25) is 0 Å². The lowest BCUT2D eigenvalue weighted by molar-refractivity contribution is 0.145. The van der Waals surface area contributed by atoms with Crippen molar-refractivity contribution >= 4 is 29.3 Å². The Balaban J connectivity index is 2.21. The summed E-state index contributed by atoms with van der Waals surface area (Å²) >= 11 is 6.18. The van der Waals surface area contributed by atoms with Crippen LogP contribution in [-0.4, -0.2) is 16.0 Å². The number of carbonyl (C=O) groups excluding carboxylic acids is 1. The van der Waals surface area contributed by atoms with Crippen LogP contribution < -0.4 is 10.6 Å². The third kappa shape index (κ3) is 2.80. The van der Waals surface area contributed by atoms with E-state index in [2.05, 4.69) is 9.97 Å². The highest BCUT2D eigenvalue weighted by molar-refractivity contribution is 6.34. The fraction of sp³-hybridized carbons (Fsp3) is 0.312. The molecule has 0 atom stereocenters. The Morgan fingerprint density at radius 1 is 1.33 bits per heavy atom. The van der Waals surface area contributed by atoms with Gasteiger partial charge in [0.15, 0.2) is 0 Å². The van der Waals surface area contributed by atoms with E-state index >= 15 is 0 Å². The number of primary amides is 1. The van der Waals surface area contributed by atoms with Crippen molar-refractivity contribution in [3.05, 3.63) is 45.7 Å². The molecule has 5 nitrogen and oxygen atoms in total. The minimum atomic E-state index is -2.75. The van der Waals surface area contributed by atoms with Crippen LogP contribution in [0, 0.1) is 6.92 Å². The van der Waals surface area contributed by atoms with Crippen molar-refractivity contribution < 1.29 is 13.6 Å². The molecule has 0 saturated heterocycles. The van der Waals surface area contributed by atoms with Crippen molar-refractivity contribution in [3.8, 4) is 0 Å². The van der Waals surface area contributed by atoms with Crippen LogP contribution in [0.2, 0.25) is 5.02 Å². The molecule has 1 heterocycles. The zero-order valence-corrected chi connectivity index (χ0v) is 13.6. The van der Waals surface area contributed by atoms with Gasteiger partial charge in [0.25, 0.3) is 6.43 Å². The van der Waals surface area contributed by atoms with Gasteiger partial charge in [-0.15, -0.1) is 0 Å². The summed E-state index contributed by atoms with van der Waals surface area (Å²) in [5.74, 6) is -0.172. The summed E-state index contributed by atoms with van der Waals surface area (Å²) < 4.78 is 26.8. The molecule has 24 heavy (non-hydrogen) atoms. The van der Waals surface area contributed by atoms with Crippen molar-refractivity contribution in [3.63, 3.8) is 0 Å². The predicted octanol–water partition coefficient (Wildman–Crippen LogP) is 4.08. The molecule has 1 aliphatic rings. The van der Waals surface area contributed by atoms with E-state index < -0.39 is 12.5 Å². The van der Waals surface area contributed by atoms with Gasteiger partial charge in [-0.1, -0.05) is 23.7 Å². The molecule has 1 aliphatic carbocycles. The van der Waals surface area contributed by atoms with Crippen LogP contribution in [-0.2, 0) is 12.8 Å². The van der Waals surface area contributed by atoms with Crippen LogP contribution in [0.1, 0.15) is 35.4 Å². The molecule has 2 amide bonds. The van der Waals surface area contributed by atoms with E-state index in [1.807, 2.05) is 0 Å². The van der Waals surface area contributed by atoms with Crippen molar-refractivity contribution in [2.24, 2.45) is 5.73 Å². The molecule has 0 bridgehead atoms. The van der Waals surface area contributed by atoms with Crippen LogP contribution in [0.4, 0.5) is 25.2 Å². The topological polar surface area (TPSA) is 72.1 Å². The van der Waals surface area contributed by atoms with Gasteiger partial charge >= 0.3 is 6.03 Å². The summed E-state index contributed by atoms with van der Waals surface area (Å²) in [6.45, 7) is 1.73. The zero-order chi connectivity index (χ0) is 17.4. The standard InChI is InChI=1S/C16H15ClF2N4O/c1-8-4-2-6-10(17)13(8)23(15(20)24)16-21-11-7-3-5-9(11)12(22-16)14(18)19/h2,4,6,14H,3,5,7H2,1H3,(H2,20,24). The van der Waals surface area contributed by atoms with E-state index in [-0.39, 0.29) is 16.7 Å². The second kappa shape index (κ2) is 6.32. The van der Waals surface area contributed by atoms with E-state index in [0.717, 1.165) is 11.3 Å². The molecule has 0 radical (unpaired) electrons. The molecule has 1 aromatic heterocycles. The zero-order valence-electron chi connectivity index (χ0n) is 12.9. The van der Waals surface area contributed by atoms with Gasteiger partial charge in [-0.2, -0.15) is 0 Å². The minimum absolute atomic E-state index is 0.172. The van der Waals surface area contributed by atoms with Crippen molar-refractivity contribution in [2.45, 2.75) is 32.6 Å². The number of hydrogen-bond donors (Lipinski definition) is 1. The fourth-order valence-electron chi connectivity index (χ4n) is 2.94. The van der Waals surface area contributed by atoms with Crippen LogP contribution in [0.15, 0.2) is 18.2 Å². The summed E-state index contributed by atoms with van der Waals surface area (Å²) in [6.07, 6.45) is -0.939. The van der Waals surface area contributed by atoms with Gasteiger partial charge in [0.05, 0.1) is 10.7 Å². The van der Waals surface area contributed by atoms with Gasteiger partial charge in [0, 0.05) is 11.3 Å². The van der Waals surface area contributed by atoms with Gasteiger partial charge < -0.3 is 5.73 Å². The van der Waals surface area contributed by atoms with Gasteiger partial charge in [-0.25, -0.2) is 28.4 Å². The van der Waals surface area contributed by atoms with Crippen LogP contribution in [0.25, 0.3) is 0 Å². The number of para-hydroxylation sites is 1. The number of amides is 2. The number of aryl methyl sites for hydroxylation is 2. The largest absolute Gasteiger partial charge is 0.351 e. The average Bonchev–Trinajstić information content (AvgIpc) is 2.97. The second-order valence-electron chi connectivity index (χ2n) is 5.57. The van der Waals surface area contributed by atoms with Gasteiger partial charge in [0.2, 0.25) is 5.95 Å². The van der Waals surface area contributed by atoms with Crippen molar-refractivity contribution in [1.82, 2.24) is 9.97 Å². The van der Waals surface area contributed by atoms with Crippen LogP contribution in [0.5, 0.6) is 0 Å². The Hall–Kier alpha value is -2.28. The molecule has 0 spiro atoms. The highest BCUT2D eigenvalue weighted by atomic mass is 35.5. The van der Waals surface area contributed by atoms with Crippen LogP contribution >= 0.6 is 11.6 Å². The maximum atomic E-state index is 13.4. The first-order valence-corrected chi connectivity index (χ1v) is 7.80. The second-order valence-corrected chi connectivity index (χ2v) is 5.97. The molecule has 2 aromatic rings. The first kappa shape index (κ1) is 16.6. The van der Waals surface area contributed by atoms with E-state index in [4.69, 9.17) is 17.3 Å². The number of alkyl halides is 2. The summed E-state index contributed by atoms with van der Waals surface area (Å²) in [4.78, 5) is 21.2. The normalized spacial score (nSPS) is 13.2. The molecule has 8 heteroatoms. The SMILES string of the molecule is Cc1cccc(Cl)c1N(C(N)=O)c1nc2c(c(C(F)F)n1)CCC2. The Labute approximate surface area is 142 Å². The quantitative estimate of drug-likeness (QED) is 0.904. The van der Waals surface area contributed by atoms with E-state index in [0.29, 0.717) is 35.3 Å². The minimum Gasteiger partial charge on any atom is -0.351 e. The lowest BCUT2D eigenvalue weighted by Crippen LogP contribution is -2.34. The number of hydrogen-bond acceptors (Lipinski definition) is 3. The number of rotatable bonds is 3.